The maximum absolute atomic E-state index is 9.83. The number of H-pyrrole nitrogens is 1. The van der Waals surface area contributed by atoms with Crippen molar-refractivity contribution in [2.24, 2.45) is 0 Å². The molecule has 0 saturated carbocycles. The van der Waals surface area contributed by atoms with Crippen molar-refractivity contribution in [1.29, 1.82) is 0 Å². The second-order valence-electron chi connectivity index (χ2n) is 1.23. The Kier molecular flexibility index (Phi) is 1.69. The average molecular weight is 148 g/mol. The molecular weight excluding hydrogens is 144 g/mol. The van der Waals surface area contributed by atoms with Crippen LogP contribution >= 0.6 is 0 Å². The largest absolute Gasteiger partial charge is 0.364 e. The maximum atomic E-state index is 9.83. The van der Waals surface area contributed by atoms with E-state index in [1.54, 1.807) is 0 Å². The number of aromatic nitrogens is 2. The molecule has 9 heavy (non-hydrogen) atoms. The van der Waals surface area contributed by atoms with Crippen LogP contribution in [0.3, 0.4) is 0 Å². The summed E-state index contributed by atoms with van der Waals surface area (Å²) < 4.78 is 23.9. The van der Waals surface area contributed by atoms with Crippen molar-refractivity contribution in [1.82, 2.24) is 9.97 Å². The molecule has 0 saturated heterocycles. The fourth-order valence-electron chi connectivity index (χ4n) is 0.373. The van der Waals surface area contributed by atoms with E-state index in [0.717, 1.165) is 0 Å². The van der Waals surface area contributed by atoms with E-state index in [-0.39, 0.29) is 5.88 Å². The normalized spacial score (nSPS) is 9.89. The second kappa shape index (κ2) is 2.49. The molecule has 0 unspecified atom stereocenters. The molecular formula is C3H4N2O3S. The first-order chi connectivity index (χ1) is 4.29. The van der Waals surface area contributed by atoms with Gasteiger partial charge in [0, 0.05) is 0 Å². The Morgan fingerprint density at radius 2 is 2.44 bits per heavy atom. The SMILES string of the molecule is O=[SH](=O)Oc1cnc[nH]1. The molecule has 1 aromatic rings. The van der Waals surface area contributed by atoms with E-state index in [9.17, 15) is 8.42 Å². The summed E-state index contributed by atoms with van der Waals surface area (Å²) in [5.74, 6) is 0.131. The molecule has 0 atom stereocenters. The van der Waals surface area contributed by atoms with Gasteiger partial charge in [-0.2, -0.15) is 8.42 Å². The van der Waals surface area contributed by atoms with Crippen LogP contribution in [0, 0.1) is 0 Å². The fourth-order valence-corrected chi connectivity index (χ4v) is 0.634. The Hall–Kier alpha value is -1.04. The highest BCUT2D eigenvalue weighted by Crippen LogP contribution is 1.99. The molecule has 1 aromatic heterocycles. The molecule has 0 aromatic carbocycles. The molecule has 0 aliphatic carbocycles. The minimum absolute atomic E-state index is 0.131. The summed E-state index contributed by atoms with van der Waals surface area (Å²) in [6.45, 7) is 0. The van der Waals surface area contributed by atoms with Crippen molar-refractivity contribution in [3.05, 3.63) is 12.5 Å². The number of rotatable bonds is 2. The van der Waals surface area contributed by atoms with Gasteiger partial charge in [-0.1, -0.05) is 0 Å². The van der Waals surface area contributed by atoms with Crippen LogP contribution in [0.25, 0.3) is 0 Å². The maximum Gasteiger partial charge on any atom is 0.300 e. The number of hydrogen-bond acceptors (Lipinski definition) is 4. The van der Waals surface area contributed by atoms with Crippen molar-refractivity contribution < 1.29 is 12.6 Å². The van der Waals surface area contributed by atoms with Crippen molar-refractivity contribution in [2.75, 3.05) is 0 Å². The monoisotopic (exact) mass is 148 g/mol. The van der Waals surface area contributed by atoms with E-state index < -0.39 is 11.0 Å². The molecule has 50 valence electrons. The standard InChI is InChI=1S/C3H4N2O3S/c6-9(7)8-3-1-4-2-5-3/h1-2,9H,(H,4,5). The van der Waals surface area contributed by atoms with Gasteiger partial charge in [0.2, 0.25) is 5.88 Å². The van der Waals surface area contributed by atoms with E-state index >= 15 is 0 Å². The second-order valence-corrected chi connectivity index (χ2v) is 1.86. The molecule has 0 aliphatic rings. The van der Waals surface area contributed by atoms with E-state index in [2.05, 4.69) is 14.2 Å². The van der Waals surface area contributed by atoms with E-state index in [0.29, 0.717) is 0 Å². The van der Waals surface area contributed by atoms with Crippen LogP contribution in [0.15, 0.2) is 12.5 Å². The quantitative estimate of drug-likeness (QED) is 0.545. The van der Waals surface area contributed by atoms with Crippen LogP contribution in [0.2, 0.25) is 0 Å². The van der Waals surface area contributed by atoms with Crippen molar-refractivity contribution >= 4 is 11.0 Å². The summed E-state index contributed by atoms with van der Waals surface area (Å²) >= 11 is 0. The lowest BCUT2D eigenvalue weighted by molar-refractivity contribution is 0.501. The van der Waals surface area contributed by atoms with Gasteiger partial charge in [0.1, 0.15) is 0 Å². The number of nitrogens with one attached hydrogen (secondary N) is 1. The molecule has 0 bridgehead atoms. The summed E-state index contributed by atoms with van der Waals surface area (Å²) in [7, 11) is -2.82. The first-order valence-corrected chi connectivity index (χ1v) is 3.19. The average Bonchev–Trinajstić information content (AvgIpc) is 2.15. The predicted octanol–water partition coefficient (Wildman–Crippen LogP) is -0.685. The zero-order valence-corrected chi connectivity index (χ0v) is 5.17. The summed E-state index contributed by atoms with van der Waals surface area (Å²) in [6, 6.07) is 0. The Balaban J connectivity index is 2.68. The van der Waals surface area contributed by atoms with Gasteiger partial charge in [-0.15, -0.1) is 0 Å². The molecule has 0 fully saturated rings. The van der Waals surface area contributed by atoms with Gasteiger partial charge in [-0.25, -0.2) is 4.98 Å². The van der Waals surface area contributed by atoms with Gasteiger partial charge >= 0.3 is 11.0 Å². The third-order valence-corrected chi connectivity index (χ3v) is 0.992. The Labute approximate surface area is 52.8 Å². The van der Waals surface area contributed by atoms with Crippen LogP contribution in [-0.2, 0) is 11.0 Å². The van der Waals surface area contributed by atoms with Gasteiger partial charge in [0.15, 0.2) is 0 Å². The third-order valence-electron chi connectivity index (χ3n) is 0.646. The molecule has 1 N–H and O–H groups in total. The Morgan fingerprint density at radius 3 is 2.89 bits per heavy atom. The van der Waals surface area contributed by atoms with E-state index in [4.69, 9.17) is 0 Å². The number of nitrogens with zero attached hydrogens (tertiary/aromatic N) is 1. The lowest BCUT2D eigenvalue weighted by Gasteiger charge is -1.86. The summed E-state index contributed by atoms with van der Waals surface area (Å²) in [5, 5.41) is 0. The van der Waals surface area contributed by atoms with Gasteiger partial charge < -0.3 is 9.17 Å². The molecule has 1 heterocycles. The molecule has 0 amide bonds. The van der Waals surface area contributed by atoms with Crippen LogP contribution in [0.4, 0.5) is 0 Å². The minimum Gasteiger partial charge on any atom is -0.364 e. The zero-order valence-electron chi connectivity index (χ0n) is 4.27. The first kappa shape index (κ1) is 6.09. The first-order valence-electron chi connectivity index (χ1n) is 2.10. The molecule has 0 aliphatic heterocycles. The molecule has 0 radical (unpaired) electrons. The highest BCUT2D eigenvalue weighted by molar-refractivity contribution is 7.67. The molecule has 0 spiro atoms. The molecule has 5 nitrogen and oxygen atoms in total. The molecule has 6 heteroatoms. The number of thiol groups is 1. The van der Waals surface area contributed by atoms with Gasteiger partial charge in [-0.05, 0) is 0 Å². The van der Waals surface area contributed by atoms with Crippen molar-refractivity contribution in [3.8, 4) is 5.88 Å². The summed E-state index contributed by atoms with van der Waals surface area (Å²) in [6.07, 6.45) is 2.60. The van der Waals surface area contributed by atoms with Crippen LogP contribution in [0.1, 0.15) is 0 Å². The summed E-state index contributed by atoms with van der Waals surface area (Å²) in [5.41, 5.74) is 0. The lowest BCUT2D eigenvalue weighted by atomic mass is 10.9. The van der Waals surface area contributed by atoms with Gasteiger partial charge in [0.05, 0.1) is 12.5 Å². The lowest BCUT2D eigenvalue weighted by Crippen LogP contribution is -1.88. The predicted molar refractivity (Wildman–Crippen MR) is 29.5 cm³/mol. The molecule has 1 rings (SSSR count). The van der Waals surface area contributed by atoms with E-state index in [1.807, 2.05) is 0 Å². The highest BCUT2D eigenvalue weighted by Gasteiger charge is 1.90. The fraction of sp³-hybridized carbons (Fsp3) is 0. The number of aromatic amines is 1. The zero-order chi connectivity index (χ0) is 6.69. The van der Waals surface area contributed by atoms with Gasteiger partial charge in [0.25, 0.3) is 0 Å². The van der Waals surface area contributed by atoms with Crippen molar-refractivity contribution in [3.63, 3.8) is 0 Å². The number of imidazole rings is 1. The topological polar surface area (TPSA) is 72.1 Å². The van der Waals surface area contributed by atoms with Crippen LogP contribution in [-0.4, -0.2) is 18.4 Å². The minimum atomic E-state index is -2.82. The summed E-state index contributed by atoms with van der Waals surface area (Å²) in [4.78, 5) is 5.98. The Bertz CT molecular complexity index is 232. The van der Waals surface area contributed by atoms with Gasteiger partial charge in [-0.3, -0.25) is 0 Å². The number of hydrogen-bond donors (Lipinski definition) is 2. The van der Waals surface area contributed by atoms with Crippen LogP contribution < -0.4 is 4.18 Å². The smallest absolute Gasteiger partial charge is 0.300 e. The van der Waals surface area contributed by atoms with Crippen molar-refractivity contribution in [2.45, 2.75) is 0 Å². The third kappa shape index (κ3) is 1.73. The van der Waals surface area contributed by atoms with E-state index in [1.165, 1.54) is 12.5 Å². The van der Waals surface area contributed by atoms with Crippen LogP contribution in [0.5, 0.6) is 5.88 Å². The Morgan fingerprint density at radius 1 is 1.67 bits per heavy atom. The highest BCUT2D eigenvalue weighted by atomic mass is 32.2.